The van der Waals surface area contributed by atoms with Crippen molar-refractivity contribution in [3.05, 3.63) is 58.6 Å². The molecule has 0 saturated heterocycles. The summed E-state index contributed by atoms with van der Waals surface area (Å²) in [5, 5.41) is 2.04. The average molecular weight is 355 g/mol. The Balaban J connectivity index is 2.12. The summed E-state index contributed by atoms with van der Waals surface area (Å²) in [6.45, 7) is 0. The smallest absolute Gasteiger partial charge is 0.246 e. The lowest BCUT2D eigenvalue weighted by Crippen LogP contribution is -2.17. The van der Waals surface area contributed by atoms with Gasteiger partial charge in [0.1, 0.15) is 11.1 Å². The van der Waals surface area contributed by atoms with Crippen LogP contribution in [0.2, 0.25) is 0 Å². The van der Waals surface area contributed by atoms with Gasteiger partial charge in [0.05, 0.1) is 11.6 Å². The normalized spacial score (nSPS) is 11.8. The fraction of sp³-hybridized carbons (Fsp3) is 0.133. The number of alkyl halides is 1. The molecule has 1 unspecified atom stereocenters. The molecule has 0 spiro atoms. The second-order valence-electron chi connectivity index (χ2n) is 4.11. The highest BCUT2D eigenvalue weighted by atomic mass is 79.9. The second kappa shape index (κ2) is 6.77. The molecule has 5 heteroatoms. The molecule has 0 heterocycles. The fourth-order valence-electron chi connectivity index (χ4n) is 1.72. The first-order valence-electron chi connectivity index (χ1n) is 5.95. The SMILES string of the molecule is COc1cc(NC(=O)C(Cl)c2ccccc2)ccc1Br. The maximum atomic E-state index is 12.1. The van der Waals surface area contributed by atoms with Crippen LogP contribution in [0.25, 0.3) is 0 Å². The summed E-state index contributed by atoms with van der Waals surface area (Å²) in [6, 6.07) is 14.5. The molecule has 0 aliphatic heterocycles. The number of benzene rings is 2. The van der Waals surface area contributed by atoms with E-state index in [1.807, 2.05) is 30.3 Å². The summed E-state index contributed by atoms with van der Waals surface area (Å²) < 4.78 is 6.00. The van der Waals surface area contributed by atoms with Crippen molar-refractivity contribution in [3.8, 4) is 5.75 Å². The first-order chi connectivity index (χ1) is 9.61. The number of anilines is 1. The molecular weight excluding hydrogens is 342 g/mol. The topological polar surface area (TPSA) is 38.3 Å². The molecule has 0 aromatic heterocycles. The lowest BCUT2D eigenvalue weighted by Gasteiger charge is -2.12. The van der Waals surface area contributed by atoms with E-state index < -0.39 is 5.38 Å². The summed E-state index contributed by atoms with van der Waals surface area (Å²) in [7, 11) is 1.57. The minimum Gasteiger partial charge on any atom is -0.495 e. The predicted octanol–water partition coefficient (Wildman–Crippen LogP) is 4.38. The van der Waals surface area contributed by atoms with E-state index in [4.69, 9.17) is 16.3 Å². The van der Waals surface area contributed by atoms with Gasteiger partial charge in [-0.25, -0.2) is 0 Å². The molecular formula is C15H13BrClNO2. The Kier molecular flexibility index (Phi) is 5.04. The molecule has 0 bridgehead atoms. The molecule has 0 saturated carbocycles. The van der Waals surface area contributed by atoms with Crippen LogP contribution in [0.4, 0.5) is 5.69 Å². The highest BCUT2D eigenvalue weighted by Crippen LogP contribution is 2.29. The number of carbonyl (C=O) groups excluding carboxylic acids is 1. The first kappa shape index (κ1) is 14.9. The number of hydrogen-bond donors (Lipinski definition) is 1. The molecule has 3 nitrogen and oxygen atoms in total. The highest BCUT2D eigenvalue weighted by molar-refractivity contribution is 9.10. The Morgan fingerprint density at radius 2 is 1.95 bits per heavy atom. The van der Waals surface area contributed by atoms with Gasteiger partial charge in [0, 0.05) is 11.8 Å². The minimum atomic E-state index is -0.731. The third kappa shape index (κ3) is 3.52. The predicted molar refractivity (Wildman–Crippen MR) is 84.4 cm³/mol. The van der Waals surface area contributed by atoms with Gasteiger partial charge >= 0.3 is 0 Å². The lowest BCUT2D eigenvalue weighted by molar-refractivity contribution is -0.116. The Hall–Kier alpha value is -1.52. The van der Waals surface area contributed by atoms with E-state index in [0.29, 0.717) is 11.4 Å². The molecule has 2 aromatic rings. The van der Waals surface area contributed by atoms with E-state index in [0.717, 1.165) is 10.0 Å². The third-order valence-corrected chi connectivity index (χ3v) is 3.85. The largest absolute Gasteiger partial charge is 0.495 e. The molecule has 1 atom stereocenters. The number of methoxy groups -OCH3 is 1. The van der Waals surface area contributed by atoms with Crippen LogP contribution in [0.15, 0.2) is 53.0 Å². The maximum Gasteiger partial charge on any atom is 0.246 e. The summed E-state index contributed by atoms with van der Waals surface area (Å²) in [4.78, 5) is 12.1. The van der Waals surface area contributed by atoms with Gasteiger partial charge in [-0.15, -0.1) is 11.6 Å². The van der Waals surface area contributed by atoms with E-state index in [1.54, 1.807) is 25.3 Å². The number of rotatable bonds is 4. The van der Waals surface area contributed by atoms with Crippen LogP contribution >= 0.6 is 27.5 Å². The zero-order valence-electron chi connectivity index (χ0n) is 10.8. The monoisotopic (exact) mass is 353 g/mol. The highest BCUT2D eigenvalue weighted by Gasteiger charge is 2.17. The number of halogens is 2. The van der Waals surface area contributed by atoms with Crippen molar-refractivity contribution in [2.75, 3.05) is 12.4 Å². The van der Waals surface area contributed by atoms with Gasteiger partial charge in [0.2, 0.25) is 5.91 Å². The van der Waals surface area contributed by atoms with Gasteiger partial charge in [0.15, 0.2) is 0 Å². The van der Waals surface area contributed by atoms with Gasteiger partial charge in [-0.05, 0) is 33.6 Å². The van der Waals surface area contributed by atoms with Crippen molar-refractivity contribution in [3.63, 3.8) is 0 Å². The fourth-order valence-corrected chi connectivity index (χ4v) is 2.33. The lowest BCUT2D eigenvalue weighted by atomic mass is 10.1. The zero-order valence-corrected chi connectivity index (χ0v) is 13.1. The molecule has 1 amide bonds. The summed E-state index contributed by atoms with van der Waals surface area (Å²) in [5.41, 5.74) is 1.40. The molecule has 20 heavy (non-hydrogen) atoms. The van der Waals surface area contributed by atoms with Crippen molar-refractivity contribution in [1.29, 1.82) is 0 Å². The molecule has 1 N–H and O–H groups in total. The molecule has 0 fully saturated rings. The molecule has 0 aliphatic carbocycles. The van der Waals surface area contributed by atoms with E-state index >= 15 is 0 Å². The maximum absolute atomic E-state index is 12.1. The van der Waals surface area contributed by atoms with Crippen molar-refractivity contribution in [2.24, 2.45) is 0 Å². The Morgan fingerprint density at radius 1 is 1.25 bits per heavy atom. The Labute approximate surface area is 131 Å². The molecule has 2 aromatic carbocycles. The van der Waals surface area contributed by atoms with Gasteiger partial charge in [-0.1, -0.05) is 30.3 Å². The van der Waals surface area contributed by atoms with E-state index in [-0.39, 0.29) is 5.91 Å². The van der Waals surface area contributed by atoms with Gasteiger partial charge in [0.25, 0.3) is 0 Å². The number of hydrogen-bond acceptors (Lipinski definition) is 2. The Morgan fingerprint density at radius 3 is 2.60 bits per heavy atom. The summed E-state index contributed by atoms with van der Waals surface area (Å²) in [5.74, 6) is 0.371. The average Bonchev–Trinajstić information content (AvgIpc) is 2.49. The van der Waals surface area contributed by atoms with Crippen LogP contribution < -0.4 is 10.1 Å². The molecule has 2 rings (SSSR count). The Bertz CT molecular complexity index is 604. The van der Waals surface area contributed by atoms with Gasteiger partial charge in [-0.3, -0.25) is 4.79 Å². The standard InChI is InChI=1S/C15H13BrClNO2/c1-20-13-9-11(7-8-12(13)16)18-15(19)14(17)10-5-3-2-4-6-10/h2-9,14H,1H3,(H,18,19). The van der Waals surface area contributed by atoms with Gasteiger partial charge in [-0.2, -0.15) is 0 Å². The van der Waals surface area contributed by atoms with E-state index in [1.165, 1.54) is 0 Å². The molecule has 0 radical (unpaired) electrons. The minimum absolute atomic E-state index is 0.276. The molecule has 104 valence electrons. The second-order valence-corrected chi connectivity index (χ2v) is 5.40. The van der Waals surface area contributed by atoms with E-state index in [2.05, 4.69) is 21.2 Å². The quantitative estimate of drug-likeness (QED) is 0.828. The van der Waals surface area contributed by atoms with Crippen LogP contribution in [0, 0.1) is 0 Å². The van der Waals surface area contributed by atoms with Crippen LogP contribution in [0.3, 0.4) is 0 Å². The zero-order chi connectivity index (χ0) is 14.5. The molecule has 0 aliphatic rings. The van der Waals surface area contributed by atoms with Gasteiger partial charge < -0.3 is 10.1 Å². The summed E-state index contributed by atoms with van der Waals surface area (Å²) >= 11 is 9.52. The van der Waals surface area contributed by atoms with Crippen LogP contribution in [0.5, 0.6) is 5.75 Å². The first-order valence-corrected chi connectivity index (χ1v) is 7.18. The van der Waals surface area contributed by atoms with Crippen molar-refractivity contribution in [1.82, 2.24) is 0 Å². The van der Waals surface area contributed by atoms with Crippen molar-refractivity contribution >= 4 is 39.1 Å². The third-order valence-electron chi connectivity index (χ3n) is 2.74. The number of carbonyl (C=O) groups is 1. The van der Waals surface area contributed by atoms with Crippen LogP contribution in [-0.2, 0) is 4.79 Å². The van der Waals surface area contributed by atoms with Crippen LogP contribution in [0.1, 0.15) is 10.9 Å². The van der Waals surface area contributed by atoms with Crippen molar-refractivity contribution < 1.29 is 9.53 Å². The number of amides is 1. The number of ether oxygens (including phenoxy) is 1. The van der Waals surface area contributed by atoms with Crippen molar-refractivity contribution in [2.45, 2.75) is 5.38 Å². The summed E-state index contributed by atoms with van der Waals surface area (Å²) in [6.07, 6.45) is 0. The number of nitrogens with one attached hydrogen (secondary N) is 1. The van der Waals surface area contributed by atoms with E-state index in [9.17, 15) is 4.79 Å². The van der Waals surface area contributed by atoms with Crippen LogP contribution in [-0.4, -0.2) is 13.0 Å².